The summed E-state index contributed by atoms with van der Waals surface area (Å²) in [6.45, 7) is 5.32. The van der Waals surface area contributed by atoms with Crippen molar-refractivity contribution in [1.82, 2.24) is 10.2 Å². The van der Waals surface area contributed by atoms with Crippen LogP contribution in [0, 0.1) is 13.8 Å². The predicted octanol–water partition coefficient (Wildman–Crippen LogP) is 6.42. The summed E-state index contributed by atoms with van der Waals surface area (Å²) in [6.07, 6.45) is 5.47. The number of ether oxygens (including phenoxy) is 1. The van der Waals surface area contributed by atoms with Gasteiger partial charge >= 0.3 is 0 Å². The minimum Gasteiger partial charge on any atom is -0.495 e. The number of carbonyl (C=O) groups is 2. The van der Waals surface area contributed by atoms with Crippen LogP contribution in [0.3, 0.4) is 0 Å². The molecule has 1 atom stereocenters. The van der Waals surface area contributed by atoms with Gasteiger partial charge in [0, 0.05) is 12.6 Å². The summed E-state index contributed by atoms with van der Waals surface area (Å²) in [5, 5.41) is 3.38. The maximum Gasteiger partial charge on any atom is 0.264 e. The van der Waals surface area contributed by atoms with Crippen molar-refractivity contribution in [2.75, 3.05) is 18.0 Å². The standard InChI is InChI=1S/C34H42ClN3O5S/c1-5-31(34(40)36-27-12-7-6-8-13-27)37(22-26-11-9-10-25(3)20-26)33(39)23-38(28-16-19-32(43-4)30(35)21-28)44(41,42)29-17-14-24(2)15-18-29/h9-11,14-21,27,31H,5-8,12-13,22-23H2,1-4H3,(H,36,40). The van der Waals surface area contributed by atoms with E-state index in [0.29, 0.717) is 12.2 Å². The second kappa shape index (κ2) is 14.9. The highest BCUT2D eigenvalue weighted by atomic mass is 35.5. The summed E-state index contributed by atoms with van der Waals surface area (Å²) in [7, 11) is -2.74. The van der Waals surface area contributed by atoms with Crippen molar-refractivity contribution in [3.63, 3.8) is 0 Å². The predicted molar refractivity (Wildman–Crippen MR) is 175 cm³/mol. The van der Waals surface area contributed by atoms with E-state index in [4.69, 9.17) is 16.3 Å². The molecular weight excluding hydrogens is 598 g/mol. The molecule has 0 bridgehead atoms. The summed E-state index contributed by atoms with van der Waals surface area (Å²) in [6, 6.07) is 18.1. The number of amides is 2. The number of rotatable bonds is 12. The number of nitrogens with zero attached hydrogens (tertiary/aromatic N) is 2. The molecular formula is C34H42ClN3O5S. The van der Waals surface area contributed by atoms with Gasteiger partial charge < -0.3 is 15.0 Å². The van der Waals surface area contributed by atoms with E-state index in [9.17, 15) is 18.0 Å². The topological polar surface area (TPSA) is 96.0 Å². The molecule has 4 rings (SSSR count). The summed E-state index contributed by atoms with van der Waals surface area (Å²) >= 11 is 6.42. The van der Waals surface area contributed by atoms with Gasteiger partial charge in [0.25, 0.3) is 10.0 Å². The number of anilines is 1. The molecule has 10 heteroatoms. The highest BCUT2D eigenvalue weighted by Crippen LogP contribution is 2.32. The van der Waals surface area contributed by atoms with Crippen molar-refractivity contribution in [2.24, 2.45) is 0 Å². The van der Waals surface area contributed by atoms with Gasteiger partial charge in [-0.25, -0.2) is 8.42 Å². The normalized spacial score (nSPS) is 14.5. The molecule has 3 aromatic carbocycles. The van der Waals surface area contributed by atoms with Crippen molar-refractivity contribution in [2.45, 2.75) is 82.8 Å². The number of halogens is 1. The second-order valence-electron chi connectivity index (χ2n) is 11.4. The monoisotopic (exact) mass is 639 g/mol. The van der Waals surface area contributed by atoms with Crippen LogP contribution in [0.4, 0.5) is 5.69 Å². The lowest BCUT2D eigenvalue weighted by atomic mass is 9.95. The third-order valence-electron chi connectivity index (χ3n) is 8.08. The molecule has 1 saturated carbocycles. The molecule has 2 amide bonds. The molecule has 1 aliphatic carbocycles. The molecule has 0 aromatic heterocycles. The number of methoxy groups -OCH3 is 1. The van der Waals surface area contributed by atoms with E-state index in [1.165, 1.54) is 30.2 Å². The smallest absolute Gasteiger partial charge is 0.264 e. The zero-order chi connectivity index (χ0) is 31.9. The van der Waals surface area contributed by atoms with Crippen LogP contribution >= 0.6 is 11.6 Å². The zero-order valence-electron chi connectivity index (χ0n) is 25.9. The van der Waals surface area contributed by atoms with Gasteiger partial charge in [-0.2, -0.15) is 0 Å². The minimum absolute atomic E-state index is 0.0372. The van der Waals surface area contributed by atoms with Crippen LogP contribution in [0.1, 0.15) is 62.1 Å². The third kappa shape index (κ3) is 8.12. The fourth-order valence-corrected chi connectivity index (χ4v) is 7.31. The maximum absolute atomic E-state index is 14.3. The van der Waals surface area contributed by atoms with Crippen molar-refractivity contribution < 1.29 is 22.7 Å². The summed E-state index contributed by atoms with van der Waals surface area (Å²) < 4.78 is 34.5. The van der Waals surface area contributed by atoms with Gasteiger partial charge in [-0.1, -0.05) is 85.3 Å². The fraction of sp³-hybridized carbons (Fsp3) is 0.412. The Labute approximate surface area is 266 Å². The third-order valence-corrected chi connectivity index (χ3v) is 10.2. The minimum atomic E-state index is -4.20. The molecule has 3 aromatic rings. The van der Waals surface area contributed by atoms with Crippen molar-refractivity contribution in [3.05, 3.63) is 88.4 Å². The molecule has 1 fully saturated rings. The SMILES string of the molecule is CCC(C(=O)NC1CCCCC1)N(Cc1cccc(C)c1)C(=O)CN(c1ccc(OC)c(Cl)c1)S(=O)(=O)c1ccc(C)cc1. The van der Waals surface area contributed by atoms with E-state index >= 15 is 0 Å². The number of hydrogen-bond donors (Lipinski definition) is 1. The zero-order valence-corrected chi connectivity index (χ0v) is 27.5. The Morgan fingerprint density at radius 1 is 0.977 bits per heavy atom. The number of aryl methyl sites for hydroxylation is 2. The highest BCUT2D eigenvalue weighted by molar-refractivity contribution is 7.92. The molecule has 0 saturated heterocycles. The van der Waals surface area contributed by atoms with Gasteiger partial charge in [0.2, 0.25) is 11.8 Å². The average molecular weight is 640 g/mol. The lowest BCUT2D eigenvalue weighted by Crippen LogP contribution is -2.54. The Hall–Kier alpha value is -3.56. The lowest BCUT2D eigenvalue weighted by molar-refractivity contribution is -0.140. The van der Waals surface area contributed by atoms with Crippen molar-refractivity contribution in [3.8, 4) is 5.75 Å². The molecule has 236 valence electrons. The molecule has 44 heavy (non-hydrogen) atoms. The Kier molecular flexibility index (Phi) is 11.3. The number of carbonyl (C=O) groups excluding carboxylic acids is 2. The molecule has 1 aliphatic rings. The molecule has 0 aliphatic heterocycles. The van der Waals surface area contributed by atoms with Crippen LogP contribution in [0.5, 0.6) is 5.75 Å². The van der Waals surface area contributed by atoms with E-state index in [-0.39, 0.29) is 34.1 Å². The van der Waals surface area contributed by atoms with E-state index in [1.807, 2.05) is 45.0 Å². The van der Waals surface area contributed by atoms with Gasteiger partial charge in [-0.15, -0.1) is 0 Å². The lowest BCUT2D eigenvalue weighted by Gasteiger charge is -2.34. The molecule has 1 N–H and O–H groups in total. The van der Waals surface area contributed by atoms with Crippen LogP contribution in [0.25, 0.3) is 0 Å². The van der Waals surface area contributed by atoms with E-state index in [1.54, 1.807) is 24.3 Å². The van der Waals surface area contributed by atoms with Gasteiger partial charge in [0.05, 0.1) is 22.7 Å². The Morgan fingerprint density at radius 3 is 2.30 bits per heavy atom. The molecule has 0 spiro atoms. The van der Waals surface area contributed by atoms with Crippen molar-refractivity contribution in [1.29, 1.82) is 0 Å². The number of nitrogens with one attached hydrogen (secondary N) is 1. The first-order chi connectivity index (χ1) is 21.0. The molecule has 8 nitrogen and oxygen atoms in total. The highest BCUT2D eigenvalue weighted by Gasteiger charge is 2.34. The maximum atomic E-state index is 14.3. The molecule has 0 heterocycles. The Balaban J connectivity index is 1.73. The van der Waals surface area contributed by atoms with Gasteiger partial charge in [0.15, 0.2) is 0 Å². The Morgan fingerprint density at radius 2 is 1.68 bits per heavy atom. The largest absolute Gasteiger partial charge is 0.495 e. The van der Waals surface area contributed by atoms with Crippen molar-refractivity contribution >= 4 is 39.1 Å². The van der Waals surface area contributed by atoms with E-state index < -0.39 is 28.5 Å². The van der Waals surface area contributed by atoms with Crippen LogP contribution in [-0.4, -0.2) is 50.9 Å². The quantitative estimate of drug-likeness (QED) is 0.247. The summed E-state index contributed by atoms with van der Waals surface area (Å²) in [5.41, 5.74) is 2.98. The second-order valence-corrected chi connectivity index (χ2v) is 13.7. The van der Waals surface area contributed by atoms with Crippen LogP contribution in [-0.2, 0) is 26.2 Å². The molecule has 0 radical (unpaired) electrons. The first-order valence-corrected chi connectivity index (χ1v) is 16.9. The average Bonchev–Trinajstić information content (AvgIpc) is 3.00. The fourth-order valence-electron chi connectivity index (χ4n) is 5.65. The van der Waals surface area contributed by atoms with Gasteiger partial charge in [-0.3, -0.25) is 13.9 Å². The number of benzene rings is 3. The summed E-state index contributed by atoms with van der Waals surface area (Å²) in [4.78, 5) is 29.6. The number of sulfonamides is 1. The van der Waals surface area contributed by atoms with Gasteiger partial charge in [0.1, 0.15) is 18.3 Å². The number of hydrogen-bond acceptors (Lipinski definition) is 5. The first kappa shape index (κ1) is 33.3. The van der Waals surface area contributed by atoms with Crippen LogP contribution in [0.2, 0.25) is 5.02 Å². The van der Waals surface area contributed by atoms with Crippen LogP contribution < -0.4 is 14.4 Å². The van der Waals surface area contributed by atoms with Crippen LogP contribution in [0.15, 0.2) is 71.6 Å². The molecule has 1 unspecified atom stereocenters. The van der Waals surface area contributed by atoms with E-state index in [0.717, 1.165) is 53.1 Å². The van der Waals surface area contributed by atoms with E-state index in [2.05, 4.69) is 5.32 Å². The Bertz CT molecular complexity index is 1560. The summed E-state index contributed by atoms with van der Waals surface area (Å²) in [5.74, 6) is -0.346. The van der Waals surface area contributed by atoms with Gasteiger partial charge in [-0.05, 0) is 69.0 Å². The first-order valence-electron chi connectivity index (χ1n) is 15.1.